The molecule has 4 atom stereocenters. The first-order valence-electron chi connectivity index (χ1n) is 9.55. The molecule has 12 heteroatoms. The van der Waals surface area contributed by atoms with Crippen molar-refractivity contribution >= 4 is 33.3 Å². The van der Waals surface area contributed by atoms with Crippen LogP contribution >= 0.6 is 11.3 Å². The molecular formula is C19H18F3N5O3S. The third-order valence-electron chi connectivity index (χ3n) is 5.85. The van der Waals surface area contributed by atoms with Gasteiger partial charge in [0.1, 0.15) is 23.0 Å². The number of rotatable bonds is 5. The second kappa shape index (κ2) is 6.73. The number of nitrogens with zero attached hydrogens (tertiary/aromatic N) is 3. The molecule has 2 heterocycles. The summed E-state index contributed by atoms with van der Waals surface area (Å²) < 4.78 is 38.7. The molecular weight excluding hydrogens is 435 g/mol. The Hall–Kier alpha value is -2.54. The second-order valence-corrected chi connectivity index (χ2v) is 8.84. The largest absolute Gasteiger partial charge is 0.405 e. The van der Waals surface area contributed by atoms with Gasteiger partial charge in [-0.3, -0.25) is 0 Å². The number of alkyl halides is 3. The van der Waals surface area contributed by atoms with Gasteiger partial charge in [0, 0.05) is 12.1 Å². The Morgan fingerprint density at radius 1 is 1.19 bits per heavy atom. The first-order chi connectivity index (χ1) is 14.6. The van der Waals surface area contributed by atoms with Gasteiger partial charge >= 0.3 is 6.18 Å². The molecule has 0 aliphatic heterocycles. The highest BCUT2D eigenvalue weighted by atomic mass is 32.1. The molecule has 0 amide bonds. The molecule has 5 rings (SSSR count). The molecule has 2 aliphatic carbocycles. The lowest BCUT2D eigenvalue weighted by molar-refractivity contribution is -0.115. The lowest BCUT2D eigenvalue weighted by Gasteiger charge is -2.32. The summed E-state index contributed by atoms with van der Waals surface area (Å²) in [6, 6.07) is 7.38. The summed E-state index contributed by atoms with van der Waals surface area (Å²) in [5.41, 5.74) is -2.56. The molecule has 0 bridgehead atoms. The maximum Gasteiger partial charge on any atom is 0.405 e. The summed E-state index contributed by atoms with van der Waals surface area (Å²) in [5.74, 6) is -0.763. The summed E-state index contributed by atoms with van der Waals surface area (Å²) in [5, 5.41) is 37.1. The van der Waals surface area contributed by atoms with Crippen LogP contribution in [0.1, 0.15) is 12.8 Å². The van der Waals surface area contributed by atoms with E-state index in [4.69, 9.17) is 0 Å². The zero-order valence-corrected chi connectivity index (χ0v) is 16.7. The Balaban J connectivity index is 1.54. The topological polar surface area (TPSA) is 123 Å². The standard InChI is InChI=1S/C19H18F3N5O3S/c20-18(21,22)8-24-16-23-7-9(15-25-11-3-1-2-4-12(11)31-15)14(26-16)27-17(29)6-5-10-13(28)19(10,17)30/h1-4,7,10,13,28-30H,5-6,8H2,(H2,23,24,26,27). The van der Waals surface area contributed by atoms with Crippen molar-refractivity contribution in [2.24, 2.45) is 5.92 Å². The minimum Gasteiger partial charge on any atom is -0.390 e. The highest BCUT2D eigenvalue weighted by Crippen LogP contribution is 2.61. The fourth-order valence-electron chi connectivity index (χ4n) is 4.16. The minimum atomic E-state index is -4.47. The summed E-state index contributed by atoms with van der Waals surface area (Å²) >= 11 is 1.33. The molecule has 0 saturated heterocycles. The van der Waals surface area contributed by atoms with Gasteiger partial charge in [-0.2, -0.15) is 18.2 Å². The minimum absolute atomic E-state index is 0.00871. The SMILES string of the molecule is OC1C2CCC(O)(Nc3nc(NCC(F)(F)F)ncc3-c3nc4ccccc4s3)C12O. The summed E-state index contributed by atoms with van der Waals surface area (Å²) in [6.45, 7) is -1.33. The maximum absolute atomic E-state index is 12.6. The Morgan fingerprint density at radius 2 is 1.97 bits per heavy atom. The van der Waals surface area contributed by atoms with Crippen LogP contribution in [0.3, 0.4) is 0 Å². The van der Waals surface area contributed by atoms with E-state index in [1.165, 1.54) is 17.5 Å². The molecule has 3 aromatic rings. The van der Waals surface area contributed by atoms with Gasteiger partial charge in [0.05, 0.1) is 21.9 Å². The number of para-hydroxylation sites is 1. The maximum atomic E-state index is 12.6. The first-order valence-corrected chi connectivity index (χ1v) is 10.4. The van der Waals surface area contributed by atoms with Gasteiger partial charge in [-0.25, -0.2) is 9.97 Å². The average molecular weight is 453 g/mol. The van der Waals surface area contributed by atoms with Crippen molar-refractivity contribution in [3.63, 3.8) is 0 Å². The van der Waals surface area contributed by atoms with E-state index in [9.17, 15) is 28.5 Å². The van der Waals surface area contributed by atoms with Crippen LogP contribution in [0.4, 0.5) is 24.9 Å². The number of halogens is 3. The van der Waals surface area contributed by atoms with Crippen molar-refractivity contribution in [2.45, 2.75) is 36.4 Å². The lowest BCUT2D eigenvalue weighted by Crippen LogP contribution is -2.51. The molecule has 4 unspecified atom stereocenters. The second-order valence-electron chi connectivity index (χ2n) is 7.81. The van der Waals surface area contributed by atoms with Gasteiger partial charge in [-0.1, -0.05) is 12.1 Å². The summed E-state index contributed by atoms with van der Waals surface area (Å²) in [7, 11) is 0. The van der Waals surface area contributed by atoms with Gasteiger partial charge in [-0.15, -0.1) is 11.3 Å². The molecule has 2 aromatic heterocycles. The predicted octanol–water partition coefficient (Wildman–Crippen LogP) is 2.34. The lowest BCUT2D eigenvalue weighted by atomic mass is 10.0. The first kappa shape index (κ1) is 20.4. The van der Waals surface area contributed by atoms with Gasteiger partial charge in [-0.05, 0) is 25.0 Å². The number of fused-ring (bicyclic) bond motifs is 2. The van der Waals surface area contributed by atoms with Gasteiger partial charge < -0.3 is 26.0 Å². The molecule has 8 nitrogen and oxygen atoms in total. The third kappa shape index (κ3) is 3.30. The van der Waals surface area contributed by atoms with Crippen LogP contribution in [-0.4, -0.2) is 60.4 Å². The van der Waals surface area contributed by atoms with E-state index in [1.54, 1.807) is 0 Å². The molecule has 0 spiro atoms. The van der Waals surface area contributed by atoms with Crippen molar-refractivity contribution in [2.75, 3.05) is 17.2 Å². The molecule has 0 radical (unpaired) electrons. The van der Waals surface area contributed by atoms with Gasteiger partial charge in [0.25, 0.3) is 0 Å². The van der Waals surface area contributed by atoms with Crippen molar-refractivity contribution in [1.29, 1.82) is 0 Å². The normalized spacial score (nSPS) is 29.7. The third-order valence-corrected chi connectivity index (χ3v) is 6.92. The number of nitrogens with one attached hydrogen (secondary N) is 2. The van der Waals surface area contributed by atoms with E-state index < -0.39 is 36.1 Å². The predicted molar refractivity (Wildman–Crippen MR) is 107 cm³/mol. The molecule has 1 aromatic carbocycles. The number of hydrogen-bond acceptors (Lipinski definition) is 9. The van der Waals surface area contributed by atoms with Gasteiger partial charge in [0.2, 0.25) is 5.95 Å². The van der Waals surface area contributed by atoms with Crippen LogP contribution in [-0.2, 0) is 0 Å². The molecule has 31 heavy (non-hydrogen) atoms. The molecule has 164 valence electrons. The van der Waals surface area contributed by atoms with E-state index in [1.807, 2.05) is 24.3 Å². The fourth-order valence-corrected chi connectivity index (χ4v) is 5.14. The van der Waals surface area contributed by atoms with E-state index in [0.717, 1.165) is 10.2 Å². The van der Waals surface area contributed by atoms with Crippen molar-refractivity contribution in [3.8, 4) is 10.6 Å². The highest BCUT2D eigenvalue weighted by molar-refractivity contribution is 7.21. The molecule has 2 fully saturated rings. The zero-order valence-electron chi connectivity index (χ0n) is 15.9. The van der Waals surface area contributed by atoms with Crippen LogP contribution in [0.25, 0.3) is 20.8 Å². The number of aliphatic hydroxyl groups excluding tert-OH is 1. The number of thiazole rings is 1. The summed E-state index contributed by atoms with van der Waals surface area (Å²) in [4.78, 5) is 12.6. The van der Waals surface area contributed by atoms with E-state index in [2.05, 4.69) is 25.6 Å². The fraction of sp³-hybridized carbons (Fsp3) is 0.421. The molecule has 2 saturated carbocycles. The number of anilines is 2. The Labute approximate surface area is 177 Å². The Kier molecular flexibility index (Phi) is 4.42. The Bertz CT molecular complexity index is 1130. The Morgan fingerprint density at radius 3 is 2.65 bits per heavy atom. The van der Waals surface area contributed by atoms with E-state index in [0.29, 0.717) is 17.0 Å². The van der Waals surface area contributed by atoms with Crippen LogP contribution in [0.15, 0.2) is 30.5 Å². The number of benzene rings is 1. The van der Waals surface area contributed by atoms with Gasteiger partial charge in [0.15, 0.2) is 5.72 Å². The summed E-state index contributed by atoms with van der Waals surface area (Å²) in [6.07, 6.45) is -3.71. The van der Waals surface area contributed by atoms with Crippen molar-refractivity contribution < 1.29 is 28.5 Å². The highest BCUT2D eigenvalue weighted by Gasteiger charge is 2.78. The molecule has 5 N–H and O–H groups in total. The van der Waals surface area contributed by atoms with Crippen LogP contribution in [0.2, 0.25) is 0 Å². The van der Waals surface area contributed by atoms with E-state index in [-0.39, 0.29) is 18.2 Å². The van der Waals surface area contributed by atoms with Crippen LogP contribution < -0.4 is 10.6 Å². The van der Waals surface area contributed by atoms with Crippen LogP contribution in [0, 0.1) is 5.92 Å². The monoisotopic (exact) mass is 453 g/mol. The number of hydrogen-bond donors (Lipinski definition) is 5. The molecule has 2 aliphatic rings. The van der Waals surface area contributed by atoms with E-state index >= 15 is 0 Å². The van der Waals surface area contributed by atoms with Crippen molar-refractivity contribution in [1.82, 2.24) is 15.0 Å². The number of aliphatic hydroxyl groups is 3. The zero-order chi connectivity index (χ0) is 22.0. The van der Waals surface area contributed by atoms with Crippen LogP contribution in [0.5, 0.6) is 0 Å². The smallest absolute Gasteiger partial charge is 0.390 e. The average Bonchev–Trinajstić information content (AvgIpc) is 3.02. The van der Waals surface area contributed by atoms with Crippen molar-refractivity contribution in [3.05, 3.63) is 30.5 Å². The number of aromatic nitrogens is 3. The quantitative estimate of drug-likeness (QED) is 0.373.